The number of ether oxygens (including phenoxy) is 1. The van der Waals surface area contributed by atoms with E-state index in [-0.39, 0.29) is 12.5 Å². The van der Waals surface area contributed by atoms with Gasteiger partial charge < -0.3 is 15.4 Å². The Kier molecular flexibility index (Phi) is 5.44. The van der Waals surface area contributed by atoms with E-state index in [0.717, 1.165) is 0 Å². The van der Waals surface area contributed by atoms with Crippen LogP contribution in [0.5, 0.6) is 0 Å². The Morgan fingerprint density at radius 2 is 2.44 bits per heavy atom. The number of hydrogen-bond donors (Lipinski definition) is 2. The molecule has 1 amide bonds. The van der Waals surface area contributed by atoms with Gasteiger partial charge in [-0.3, -0.25) is 9.48 Å². The molecule has 1 rings (SSSR count). The van der Waals surface area contributed by atoms with Gasteiger partial charge in [0.05, 0.1) is 19.7 Å². The van der Waals surface area contributed by atoms with Gasteiger partial charge in [-0.2, -0.15) is 5.10 Å². The first-order chi connectivity index (χ1) is 7.72. The third-order valence-corrected chi connectivity index (χ3v) is 1.86. The molecule has 0 radical (unpaired) electrons. The third-order valence-electron chi connectivity index (χ3n) is 1.86. The molecular weight excluding hydrogens is 210 g/mol. The Morgan fingerprint density at radius 1 is 1.62 bits per heavy atom. The maximum atomic E-state index is 11.3. The van der Waals surface area contributed by atoms with Crippen molar-refractivity contribution in [2.45, 2.75) is 6.54 Å². The summed E-state index contributed by atoms with van der Waals surface area (Å²) >= 11 is 0. The van der Waals surface area contributed by atoms with Crippen molar-refractivity contribution in [1.29, 1.82) is 0 Å². The Morgan fingerprint density at radius 3 is 3.06 bits per heavy atom. The number of aromatic nitrogens is 3. The van der Waals surface area contributed by atoms with Crippen LogP contribution in [0.1, 0.15) is 5.82 Å². The van der Waals surface area contributed by atoms with E-state index in [9.17, 15) is 4.79 Å². The molecule has 7 heteroatoms. The topological polar surface area (TPSA) is 81.1 Å². The van der Waals surface area contributed by atoms with E-state index in [1.807, 2.05) is 0 Å². The minimum absolute atomic E-state index is 0.0800. The van der Waals surface area contributed by atoms with E-state index in [0.29, 0.717) is 25.5 Å². The number of nitrogens with one attached hydrogen (secondary N) is 2. The zero-order valence-electron chi connectivity index (χ0n) is 9.56. The second-order valence-corrected chi connectivity index (χ2v) is 3.28. The van der Waals surface area contributed by atoms with Gasteiger partial charge in [-0.1, -0.05) is 0 Å². The Balaban J connectivity index is 2.10. The molecule has 0 saturated carbocycles. The Labute approximate surface area is 94.2 Å². The van der Waals surface area contributed by atoms with Gasteiger partial charge in [0.2, 0.25) is 5.91 Å². The largest absolute Gasteiger partial charge is 0.383 e. The summed E-state index contributed by atoms with van der Waals surface area (Å²) in [6.45, 7) is 1.88. The van der Waals surface area contributed by atoms with Gasteiger partial charge in [-0.05, 0) is 0 Å². The Bertz CT molecular complexity index is 325. The Hall–Kier alpha value is -1.47. The third kappa shape index (κ3) is 4.85. The lowest BCUT2D eigenvalue weighted by Crippen LogP contribution is -2.35. The maximum absolute atomic E-state index is 11.3. The number of methoxy groups -OCH3 is 1. The summed E-state index contributed by atoms with van der Waals surface area (Å²) in [5.41, 5.74) is 0. The first-order valence-corrected chi connectivity index (χ1v) is 5.03. The van der Waals surface area contributed by atoms with Gasteiger partial charge in [0.1, 0.15) is 6.33 Å². The summed E-state index contributed by atoms with van der Waals surface area (Å²) in [5.74, 6) is 0.524. The zero-order valence-corrected chi connectivity index (χ0v) is 9.56. The van der Waals surface area contributed by atoms with E-state index in [4.69, 9.17) is 4.74 Å². The fourth-order valence-corrected chi connectivity index (χ4v) is 1.08. The smallest absolute Gasteiger partial charge is 0.234 e. The van der Waals surface area contributed by atoms with E-state index in [2.05, 4.69) is 20.7 Å². The van der Waals surface area contributed by atoms with Gasteiger partial charge in [-0.15, -0.1) is 0 Å². The standard InChI is InChI=1S/C9H17N5O2/c1-14-7-12-8(13-14)5-11-9(15)6-10-3-4-16-2/h7,10H,3-6H2,1-2H3,(H,11,15). The van der Waals surface area contributed by atoms with Crippen molar-refractivity contribution in [2.24, 2.45) is 7.05 Å². The number of rotatable bonds is 7. The molecule has 1 aromatic rings. The predicted molar refractivity (Wildman–Crippen MR) is 57.6 cm³/mol. The molecule has 1 heterocycles. The average molecular weight is 227 g/mol. The lowest BCUT2D eigenvalue weighted by Gasteiger charge is -2.04. The molecule has 0 fully saturated rings. The van der Waals surface area contributed by atoms with Crippen LogP contribution in [0.4, 0.5) is 0 Å². The van der Waals surface area contributed by atoms with Crippen LogP contribution in [0.25, 0.3) is 0 Å². The highest BCUT2D eigenvalue weighted by molar-refractivity contribution is 5.77. The van der Waals surface area contributed by atoms with Crippen molar-refractivity contribution >= 4 is 5.91 Å². The molecule has 90 valence electrons. The van der Waals surface area contributed by atoms with Gasteiger partial charge in [0.25, 0.3) is 0 Å². The fraction of sp³-hybridized carbons (Fsp3) is 0.667. The molecule has 2 N–H and O–H groups in total. The van der Waals surface area contributed by atoms with Crippen LogP contribution in [-0.2, 0) is 23.1 Å². The van der Waals surface area contributed by atoms with E-state index < -0.39 is 0 Å². The minimum Gasteiger partial charge on any atom is -0.383 e. The molecule has 0 aromatic carbocycles. The fourth-order valence-electron chi connectivity index (χ4n) is 1.08. The minimum atomic E-state index is -0.0800. The molecular formula is C9H17N5O2. The second kappa shape index (κ2) is 6.91. The highest BCUT2D eigenvalue weighted by Crippen LogP contribution is 1.85. The summed E-state index contributed by atoms with van der Waals surface area (Å²) in [6, 6.07) is 0. The summed E-state index contributed by atoms with van der Waals surface area (Å²) in [4.78, 5) is 15.3. The van der Waals surface area contributed by atoms with Crippen molar-refractivity contribution in [1.82, 2.24) is 25.4 Å². The molecule has 0 aliphatic rings. The normalized spacial score (nSPS) is 10.4. The van der Waals surface area contributed by atoms with Crippen molar-refractivity contribution < 1.29 is 9.53 Å². The number of carbonyl (C=O) groups excluding carboxylic acids is 1. The van der Waals surface area contributed by atoms with Crippen LogP contribution in [0.2, 0.25) is 0 Å². The van der Waals surface area contributed by atoms with Crippen LogP contribution < -0.4 is 10.6 Å². The second-order valence-electron chi connectivity index (χ2n) is 3.28. The summed E-state index contributed by atoms with van der Waals surface area (Å²) in [6.07, 6.45) is 1.60. The lowest BCUT2D eigenvalue weighted by atomic mass is 10.5. The van der Waals surface area contributed by atoms with Gasteiger partial charge in [0.15, 0.2) is 5.82 Å². The molecule has 0 aliphatic heterocycles. The van der Waals surface area contributed by atoms with Gasteiger partial charge in [0, 0.05) is 20.7 Å². The number of hydrogen-bond acceptors (Lipinski definition) is 5. The maximum Gasteiger partial charge on any atom is 0.234 e. The van der Waals surface area contributed by atoms with Crippen molar-refractivity contribution in [3.63, 3.8) is 0 Å². The van der Waals surface area contributed by atoms with Crippen LogP contribution in [0.3, 0.4) is 0 Å². The van der Waals surface area contributed by atoms with Gasteiger partial charge >= 0.3 is 0 Å². The molecule has 0 bridgehead atoms. The quantitative estimate of drug-likeness (QED) is 0.564. The molecule has 0 unspecified atom stereocenters. The van der Waals surface area contributed by atoms with Crippen LogP contribution in [0, 0.1) is 0 Å². The highest BCUT2D eigenvalue weighted by atomic mass is 16.5. The molecule has 0 atom stereocenters. The number of nitrogens with zero attached hydrogens (tertiary/aromatic N) is 3. The zero-order chi connectivity index (χ0) is 11.8. The number of aryl methyl sites for hydroxylation is 1. The van der Waals surface area contributed by atoms with Crippen molar-refractivity contribution in [3.05, 3.63) is 12.2 Å². The van der Waals surface area contributed by atoms with Crippen molar-refractivity contribution in [3.8, 4) is 0 Å². The summed E-state index contributed by atoms with van der Waals surface area (Å²) in [7, 11) is 3.40. The van der Waals surface area contributed by atoms with Crippen LogP contribution >= 0.6 is 0 Å². The van der Waals surface area contributed by atoms with Crippen LogP contribution in [-0.4, -0.2) is 47.5 Å². The SMILES string of the molecule is COCCNCC(=O)NCc1ncn(C)n1. The van der Waals surface area contributed by atoms with E-state index in [1.165, 1.54) is 0 Å². The molecule has 16 heavy (non-hydrogen) atoms. The molecule has 0 spiro atoms. The lowest BCUT2D eigenvalue weighted by molar-refractivity contribution is -0.120. The van der Waals surface area contributed by atoms with Crippen molar-refractivity contribution in [2.75, 3.05) is 26.8 Å². The number of carbonyl (C=O) groups is 1. The van der Waals surface area contributed by atoms with E-state index >= 15 is 0 Å². The number of amides is 1. The molecule has 0 saturated heterocycles. The van der Waals surface area contributed by atoms with Crippen LogP contribution in [0.15, 0.2) is 6.33 Å². The molecule has 0 aliphatic carbocycles. The first-order valence-electron chi connectivity index (χ1n) is 5.03. The monoisotopic (exact) mass is 227 g/mol. The molecule has 7 nitrogen and oxygen atoms in total. The summed E-state index contributed by atoms with van der Waals surface area (Å²) < 4.78 is 6.43. The summed E-state index contributed by atoms with van der Waals surface area (Å²) in [5, 5.41) is 9.70. The predicted octanol–water partition coefficient (Wildman–Crippen LogP) is -1.33. The average Bonchev–Trinajstić information content (AvgIpc) is 2.68. The highest BCUT2D eigenvalue weighted by Gasteiger charge is 2.02. The first kappa shape index (κ1) is 12.6. The van der Waals surface area contributed by atoms with Gasteiger partial charge in [-0.25, -0.2) is 4.98 Å². The van der Waals surface area contributed by atoms with E-state index in [1.54, 1.807) is 25.2 Å². The molecule has 1 aromatic heterocycles.